The molecule has 14 heavy (non-hydrogen) atoms. The molecule has 0 saturated heterocycles. The molecule has 1 aromatic heterocycles. The number of hydrogen-bond donors (Lipinski definition) is 2. The summed E-state index contributed by atoms with van der Waals surface area (Å²) in [6, 6.07) is 1.70. The van der Waals surface area contributed by atoms with Gasteiger partial charge in [0.25, 0.3) is 5.91 Å². The lowest BCUT2D eigenvalue weighted by molar-refractivity contribution is 0.0918. The second-order valence-corrected chi connectivity index (χ2v) is 3.62. The van der Waals surface area contributed by atoms with Crippen molar-refractivity contribution in [3.8, 4) is 0 Å². The van der Waals surface area contributed by atoms with Crippen LogP contribution in [0.4, 0.5) is 0 Å². The van der Waals surface area contributed by atoms with E-state index in [1.165, 1.54) is 10.7 Å². The third-order valence-corrected chi connectivity index (χ3v) is 1.74. The highest BCUT2D eigenvalue weighted by Gasteiger charge is 2.11. The lowest BCUT2D eigenvalue weighted by Gasteiger charge is -2.09. The molecule has 5 nitrogen and oxygen atoms in total. The number of rotatable bonds is 3. The van der Waals surface area contributed by atoms with Crippen molar-refractivity contribution >= 4 is 17.5 Å². The molecule has 2 N–H and O–H groups in total. The summed E-state index contributed by atoms with van der Waals surface area (Å²) in [5.41, 5.74) is 5.76. The zero-order chi connectivity index (χ0) is 10.7. The average Bonchev–Trinajstić information content (AvgIpc) is 2.41. The van der Waals surface area contributed by atoms with Crippen molar-refractivity contribution in [2.45, 2.75) is 19.9 Å². The second kappa shape index (κ2) is 4.43. The van der Waals surface area contributed by atoms with E-state index in [0.717, 1.165) is 0 Å². The SMILES string of the molecule is CC(C)NNC(=O)c1cc(Cl)nn1C. The molecule has 0 aromatic carbocycles. The molecule has 0 unspecified atom stereocenters. The van der Waals surface area contributed by atoms with Crippen LogP contribution in [0.3, 0.4) is 0 Å². The Morgan fingerprint density at radius 2 is 2.29 bits per heavy atom. The summed E-state index contributed by atoms with van der Waals surface area (Å²) in [6.07, 6.45) is 0. The van der Waals surface area contributed by atoms with Crippen molar-refractivity contribution in [3.05, 3.63) is 16.9 Å². The Kier molecular flexibility index (Phi) is 3.49. The Labute approximate surface area is 87.4 Å². The first-order valence-corrected chi connectivity index (χ1v) is 4.64. The predicted octanol–water partition coefficient (Wildman–Crippen LogP) is 0.716. The third kappa shape index (κ3) is 2.71. The van der Waals surface area contributed by atoms with Gasteiger partial charge in [-0.15, -0.1) is 0 Å². The Bertz CT molecular complexity index is 334. The number of aryl methyl sites for hydroxylation is 1. The zero-order valence-electron chi connectivity index (χ0n) is 8.34. The van der Waals surface area contributed by atoms with E-state index in [1.54, 1.807) is 7.05 Å². The minimum Gasteiger partial charge on any atom is -0.286 e. The van der Waals surface area contributed by atoms with E-state index in [9.17, 15) is 4.79 Å². The van der Waals surface area contributed by atoms with Crippen molar-refractivity contribution in [1.29, 1.82) is 0 Å². The number of halogens is 1. The number of hydrazine groups is 1. The summed E-state index contributed by atoms with van der Waals surface area (Å²) in [5.74, 6) is -0.249. The topological polar surface area (TPSA) is 58.9 Å². The van der Waals surface area contributed by atoms with Gasteiger partial charge in [0.15, 0.2) is 5.15 Å². The number of nitrogens with one attached hydrogen (secondary N) is 2. The van der Waals surface area contributed by atoms with Gasteiger partial charge in [-0.05, 0) is 13.8 Å². The Morgan fingerprint density at radius 1 is 1.64 bits per heavy atom. The van der Waals surface area contributed by atoms with Gasteiger partial charge in [-0.25, -0.2) is 5.43 Å². The van der Waals surface area contributed by atoms with Crippen LogP contribution in [0.5, 0.6) is 0 Å². The fourth-order valence-electron chi connectivity index (χ4n) is 0.919. The van der Waals surface area contributed by atoms with Crippen LogP contribution in [0, 0.1) is 0 Å². The molecule has 78 valence electrons. The lowest BCUT2D eigenvalue weighted by atomic mass is 10.4. The molecule has 0 bridgehead atoms. The number of carbonyl (C=O) groups is 1. The standard InChI is InChI=1S/C8H13ClN4O/c1-5(2)10-11-8(14)6-4-7(9)12-13(6)3/h4-5,10H,1-3H3,(H,11,14). The fourth-order valence-corrected chi connectivity index (χ4v) is 1.14. The predicted molar refractivity (Wildman–Crippen MR) is 54.0 cm³/mol. The van der Waals surface area contributed by atoms with E-state index >= 15 is 0 Å². The third-order valence-electron chi connectivity index (χ3n) is 1.56. The van der Waals surface area contributed by atoms with Crippen LogP contribution < -0.4 is 10.9 Å². The molecule has 0 atom stereocenters. The van der Waals surface area contributed by atoms with Crippen LogP contribution >= 0.6 is 11.6 Å². The second-order valence-electron chi connectivity index (χ2n) is 3.23. The average molecular weight is 217 g/mol. The van der Waals surface area contributed by atoms with Gasteiger partial charge >= 0.3 is 0 Å². The maximum Gasteiger partial charge on any atom is 0.283 e. The summed E-state index contributed by atoms with van der Waals surface area (Å²) in [7, 11) is 1.66. The molecule has 0 fully saturated rings. The van der Waals surface area contributed by atoms with Crippen LogP contribution in [0.25, 0.3) is 0 Å². The van der Waals surface area contributed by atoms with E-state index in [0.29, 0.717) is 10.8 Å². The zero-order valence-corrected chi connectivity index (χ0v) is 9.09. The van der Waals surface area contributed by atoms with E-state index in [2.05, 4.69) is 16.0 Å². The van der Waals surface area contributed by atoms with Crippen LogP contribution in [0.1, 0.15) is 24.3 Å². The van der Waals surface area contributed by atoms with Crippen molar-refractivity contribution in [2.24, 2.45) is 7.05 Å². The Morgan fingerprint density at radius 3 is 2.71 bits per heavy atom. The van der Waals surface area contributed by atoms with E-state index in [-0.39, 0.29) is 11.9 Å². The molecule has 0 aliphatic carbocycles. The fraction of sp³-hybridized carbons (Fsp3) is 0.500. The minimum absolute atomic E-state index is 0.183. The normalized spacial score (nSPS) is 10.6. The number of amides is 1. The highest BCUT2D eigenvalue weighted by atomic mass is 35.5. The Hall–Kier alpha value is -1.07. The van der Waals surface area contributed by atoms with Gasteiger partial charge < -0.3 is 0 Å². The molecule has 0 saturated carbocycles. The summed E-state index contributed by atoms with van der Waals surface area (Å²) >= 11 is 5.64. The summed E-state index contributed by atoms with van der Waals surface area (Å²) in [5, 5.41) is 4.16. The van der Waals surface area contributed by atoms with Gasteiger partial charge in [-0.2, -0.15) is 5.10 Å². The first-order chi connectivity index (χ1) is 6.50. The molecule has 1 aromatic rings. The maximum atomic E-state index is 11.5. The van der Waals surface area contributed by atoms with Crippen LogP contribution in [0.2, 0.25) is 5.15 Å². The van der Waals surface area contributed by atoms with Crippen molar-refractivity contribution in [1.82, 2.24) is 20.6 Å². The highest BCUT2D eigenvalue weighted by Crippen LogP contribution is 2.07. The molecule has 6 heteroatoms. The van der Waals surface area contributed by atoms with E-state index < -0.39 is 0 Å². The lowest BCUT2D eigenvalue weighted by Crippen LogP contribution is -2.42. The van der Waals surface area contributed by atoms with Gasteiger partial charge in [0.05, 0.1) is 0 Å². The number of aromatic nitrogens is 2. The molecule has 1 heterocycles. The maximum absolute atomic E-state index is 11.5. The number of hydrogen-bond acceptors (Lipinski definition) is 3. The molecule has 0 aliphatic rings. The quantitative estimate of drug-likeness (QED) is 0.732. The summed E-state index contributed by atoms with van der Waals surface area (Å²) in [6.45, 7) is 3.85. The minimum atomic E-state index is -0.249. The van der Waals surface area contributed by atoms with Gasteiger partial charge in [-0.1, -0.05) is 11.6 Å². The van der Waals surface area contributed by atoms with Crippen LogP contribution in [-0.4, -0.2) is 21.7 Å². The number of carbonyl (C=O) groups excluding carboxylic acids is 1. The monoisotopic (exact) mass is 216 g/mol. The van der Waals surface area contributed by atoms with Gasteiger partial charge in [0.1, 0.15) is 5.69 Å². The Balaban J connectivity index is 2.65. The van der Waals surface area contributed by atoms with Crippen LogP contribution in [0.15, 0.2) is 6.07 Å². The van der Waals surface area contributed by atoms with Gasteiger partial charge in [-0.3, -0.25) is 14.9 Å². The largest absolute Gasteiger partial charge is 0.286 e. The first kappa shape index (κ1) is 11.0. The van der Waals surface area contributed by atoms with Crippen molar-refractivity contribution < 1.29 is 4.79 Å². The van der Waals surface area contributed by atoms with Crippen molar-refractivity contribution in [2.75, 3.05) is 0 Å². The molecule has 0 spiro atoms. The van der Waals surface area contributed by atoms with Gasteiger partial charge in [0, 0.05) is 19.2 Å². The molecular weight excluding hydrogens is 204 g/mol. The molecule has 0 radical (unpaired) electrons. The van der Waals surface area contributed by atoms with Crippen molar-refractivity contribution in [3.63, 3.8) is 0 Å². The first-order valence-electron chi connectivity index (χ1n) is 4.26. The highest BCUT2D eigenvalue weighted by molar-refractivity contribution is 6.29. The molecule has 1 rings (SSSR count). The molecule has 0 aliphatic heterocycles. The molecular formula is C8H13ClN4O. The van der Waals surface area contributed by atoms with E-state index in [1.807, 2.05) is 13.8 Å². The van der Waals surface area contributed by atoms with Gasteiger partial charge in [0.2, 0.25) is 0 Å². The summed E-state index contributed by atoms with van der Waals surface area (Å²) in [4.78, 5) is 11.5. The molecule has 1 amide bonds. The van der Waals surface area contributed by atoms with E-state index in [4.69, 9.17) is 11.6 Å². The number of nitrogens with zero attached hydrogens (tertiary/aromatic N) is 2. The smallest absolute Gasteiger partial charge is 0.283 e. The summed E-state index contributed by atoms with van der Waals surface area (Å²) < 4.78 is 1.43. The van der Waals surface area contributed by atoms with Crippen LogP contribution in [-0.2, 0) is 7.05 Å².